The first kappa shape index (κ1) is 13.8. The van der Waals surface area contributed by atoms with Crippen LogP contribution in [0.3, 0.4) is 0 Å². The van der Waals surface area contributed by atoms with Gasteiger partial charge < -0.3 is 14.9 Å². The largest absolute Gasteiger partial charge is 0.396 e. The molecule has 0 aliphatic carbocycles. The van der Waals surface area contributed by atoms with Crippen molar-refractivity contribution in [2.75, 3.05) is 32.8 Å². The van der Waals surface area contributed by atoms with Crippen LogP contribution in [0.5, 0.6) is 0 Å². The van der Waals surface area contributed by atoms with E-state index in [-0.39, 0.29) is 0 Å². The van der Waals surface area contributed by atoms with Crippen LogP contribution in [0.25, 0.3) is 0 Å². The fourth-order valence-electron chi connectivity index (χ4n) is 3.09. The van der Waals surface area contributed by atoms with E-state index < -0.39 is 0 Å². The molecule has 104 valence electrons. The lowest BCUT2D eigenvalue weighted by Crippen LogP contribution is -2.39. The number of carbonyl (C=O) groups is 1. The highest BCUT2D eigenvalue weighted by molar-refractivity contribution is 5.77. The number of hydrogen-bond acceptors (Lipinski definition) is 3. The number of nitrogens with zero attached hydrogens (tertiary/aromatic N) is 2. The van der Waals surface area contributed by atoms with Gasteiger partial charge in [0.25, 0.3) is 0 Å². The summed E-state index contributed by atoms with van der Waals surface area (Å²) in [7, 11) is 0. The molecule has 2 rings (SSSR count). The first-order chi connectivity index (χ1) is 8.70. The summed E-state index contributed by atoms with van der Waals surface area (Å²) in [6, 6.07) is 0.442. The minimum Gasteiger partial charge on any atom is -0.396 e. The Morgan fingerprint density at radius 1 is 1.22 bits per heavy atom. The third-order valence-electron chi connectivity index (χ3n) is 4.48. The Kier molecular flexibility index (Phi) is 5.01. The van der Waals surface area contributed by atoms with Crippen molar-refractivity contribution in [3.63, 3.8) is 0 Å². The molecule has 0 bridgehead atoms. The molecule has 2 saturated heterocycles. The van der Waals surface area contributed by atoms with Crippen molar-refractivity contribution in [2.45, 2.75) is 45.1 Å². The second kappa shape index (κ2) is 6.53. The summed E-state index contributed by atoms with van der Waals surface area (Å²) in [6.45, 7) is 6.38. The van der Waals surface area contributed by atoms with E-state index in [1.807, 2.05) is 4.90 Å². The van der Waals surface area contributed by atoms with Gasteiger partial charge in [0.15, 0.2) is 0 Å². The minimum absolute atomic E-state index is 0.318. The Morgan fingerprint density at radius 3 is 2.50 bits per heavy atom. The van der Waals surface area contributed by atoms with Gasteiger partial charge in [-0.05, 0) is 51.6 Å². The van der Waals surface area contributed by atoms with E-state index in [1.54, 1.807) is 0 Å². The third-order valence-corrected chi connectivity index (χ3v) is 4.48. The quantitative estimate of drug-likeness (QED) is 0.817. The third kappa shape index (κ3) is 3.45. The lowest BCUT2D eigenvalue weighted by atomic mass is 9.98. The smallest absolute Gasteiger partial charge is 0.224 e. The summed E-state index contributed by atoms with van der Waals surface area (Å²) in [5, 5.41) is 9.09. The molecular weight excluding hydrogens is 228 g/mol. The highest BCUT2D eigenvalue weighted by Crippen LogP contribution is 2.19. The molecule has 0 spiro atoms. The molecule has 18 heavy (non-hydrogen) atoms. The van der Waals surface area contributed by atoms with Gasteiger partial charge in [0.1, 0.15) is 0 Å². The minimum atomic E-state index is 0.318. The van der Waals surface area contributed by atoms with Crippen molar-refractivity contribution in [1.82, 2.24) is 9.80 Å². The Balaban J connectivity index is 1.67. The summed E-state index contributed by atoms with van der Waals surface area (Å²) >= 11 is 0. The fourth-order valence-corrected chi connectivity index (χ4v) is 3.09. The Morgan fingerprint density at radius 2 is 1.94 bits per heavy atom. The molecule has 4 nitrogen and oxygen atoms in total. The first-order valence-electron chi connectivity index (χ1n) is 7.33. The molecule has 4 heteroatoms. The topological polar surface area (TPSA) is 43.8 Å². The van der Waals surface area contributed by atoms with Crippen molar-refractivity contribution < 1.29 is 9.90 Å². The first-order valence-corrected chi connectivity index (χ1v) is 7.33. The molecule has 0 saturated carbocycles. The molecule has 1 unspecified atom stereocenters. The Labute approximate surface area is 110 Å². The van der Waals surface area contributed by atoms with Gasteiger partial charge in [-0.1, -0.05) is 0 Å². The fraction of sp³-hybridized carbons (Fsp3) is 0.929. The van der Waals surface area contributed by atoms with Gasteiger partial charge in [0, 0.05) is 32.2 Å². The number of rotatable bonds is 4. The molecule has 2 fully saturated rings. The van der Waals surface area contributed by atoms with Crippen LogP contribution in [0.1, 0.15) is 39.0 Å². The number of carbonyl (C=O) groups excluding carboxylic acids is 1. The van der Waals surface area contributed by atoms with E-state index in [4.69, 9.17) is 5.11 Å². The van der Waals surface area contributed by atoms with Gasteiger partial charge in [0.2, 0.25) is 5.91 Å². The van der Waals surface area contributed by atoms with Crippen LogP contribution in [0.2, 0.25) is 0 Å². The predicted molar refractivity (Wildman–Crippen MR) is 71.3 cm³/mol. The summed E-state index contributed by atoms with van der Waals surface area (Å²) in [6.07, 6.45) is 5.13. The monoisotopic (exact) mass is 254 g/mol. The van der Waals surface area contributed by atoms with E-state index in [9.17, 15) is 4.79 Å². The Hall–Kier alpha value is -0.610. The zero-order valence-corrected chi connectivity index (χ0v) is 11.5. The zero-order chi connectivity index (χ0) is 13.0. The number of piperidine rings is 1. The predicted octanol–water partition coefficient (Wildman–Crippen LogP) is 1.09. The van der Waals surface area contributed by atoms with Crippen molar-refractivity contribution >= 4 is 5.91 Å². The van der Waals surface area contributed by atoms with Gasteiger partial charge in [-0.25, -0.2) is 0 Å². The van der Waals surface area contributed by atoms with Gasteiger partial charge >= 0.3 is 0 Å². The molecule has 2 heterocycles. The second-order valence-corrected chi connectivity index (χ2v) is 5.80. The van der Waals surface area contributed by atoms with Crippen molar-refractivity contribution in [1.29, 1.82) is 0 Å². The van der Waals surface area contributed by atoms with Crippen LogP contribution < -0.4 is 0 Å². The van der Waals surface area contributed by atoms with Gasteiger partial charge in [-0.3, -0.25) is 4.79 Å². The average molecular weight is 254 g/mol. The van der Waals surface area contributed by atoms with Crippen LogP contribution in [0.15, 0.2) is 0 Å². The van der Waals surface area contributed by atoms with Crippen molar-refractivity contribution in [3.8, 4) is 0 Å². The van der Waals surface area contributed by atoms with Gasteiger partial charge in [-0.15, -0.1) is 0 Å². The van der Waals surface area contributed by atoms with Crippen LogP contribution in [-0.4, -0.2) is 59.6 Å². The zero-order valence-electron chi connectivity index (χ0n) is 11.5. The van der Waals surface area contributed by atoms with Gasteiger partial charge in [0.05, 0.1) is 0 Å². The Bertz CT molecular complexity index is 275. The molecule has 0 aromatic heterocycles. The summed E-state index contributed by atoms with van der Waals surface area (Å²) < 4.78 is 0. The number of aliphatic hydroxyl groups is 1. The van der Waals surface area contributed by atoms with E-state index in [1.165, 1.54) is 0 Å². The van der Waals surface area contributed by atoms with E-state index in [0.717, 1.165) is 51.9 Å². The summed E-state index contributed by atoms with van der Waals surface area (Å²) in [4.78, 5) is 16.5. The van der Waals surface area contributed by atoms with Crippen molar-refractivity contribution in [2.24, 2.45) is 5.92 Å². The number of aliphatic hydroxyl groups excluding tert-OH is 1. The van der Waals surface area contributed by atoms with E-state index in [2.05, 4.69) is 11.8 Å². The normalized spacial score (nSPS) is 26.8. The van der Waals surface area contributed by atoms with E-state index in [0.29, 0.717) is 30.9 Å². The van der Waals surface area contributed by atoms with Crippen LogP contribution in [0.4, 0.5) is 0 Å². The maximum Gasteiger partial charge on any atom is 0.224 e. The number of amides is 1. The van der Waals surface area contributed by atoms with Crippen LogP contribution in [0, 0.1) is 5.92 Å². The lowest BCUT2D eigenvalue weighted by Gasteiger charge is -2.31. The summed E-state index contributed by atoms with van der Waals surface area (Å²) in [5.41, 5.74) is 0. The molecule has 0 aromatic rings. The molecule has 1 atom stereocenters. The molecule has 2 aliphatic rings. The highest BCUT2D eigenvalue weighted by atomic mass is 16.3. The summed E-state index contributed by atoms with van der Waals surface area (Å²) in [5.74, 6) is 0.805. The van der Waals surface area contributed by atoms with Crippen LogP contribution >= 0.6 is 0 Å². The van der Waals surface area contributed by atoms with Crippen LogP contribution in [-0.2, 0) is 4.79 Å². The molecule has 0 radical (unpaired) electrons. The lowest BCUT2D eigenvalue weighted by molar-refractivity contribution is -0.132. The van der Waals surface area contributed by atoms with E-state index >= 15 is 0 Å². The molecular formula is C14H26N2O2. The maximum absolute atomic E-state index is 12.1. The number of hydrogen-bond donors (Lipinski definition) is 1. The molecule has 1 amide bonds. The molecule has 0 aromatic carbocycles. The molecule has 1 N–H and O–H groups in total. The van der Waals surface area contributed by atoms with Gasteiger partial charge in [-0.2, -0.15) is 0 Å². The second-order valence-electron chi connectivity index (χ2n) is 5.80. The SMILES string of the molecule is CC1CCCN1C(=O)CCN1CCC(CO)CC1. The molecule has 2 aliphatic heterocycles. The standard InChI is InChI=1S/C14H26N2O2/c1-12-3-2-7-16(12)14(18)6-10-15-8-4-13(11-17)5-9-15/h12-13,17H,2-11H2,1H3. The maximum atomic E-state index is 12.1. The highest BCUT2D eigenvalue weighted by Gasteiger charge is 2.25. The number of likely N-dealkylation sites (tertiary alicyclic amines) is 2. The van der Waals surface area contributed by atoms with Crippen molar-refractivity contribution in [3.05, 3.63) is 0 Å². The average Bonchev–Trinajstić information content (AvgIpc) is 2.83.